The van der Waals surface area contributed by atoms with Gasteiger partial charge < -0.3 is 15.0 Å². The molecule has 20 heavy (non-hydrogen) atoms. The van der Waals surface area contributed by atoms with E-state index in [-0.39, 0.29) is 5.91 Å². The van der Waals surface area contributed by atoms with E-state index in [1.54, 1.807) is 17.8 Å². The van der Waals surface area contributed by atoms with Crippen molar-refractivity contribution in [1.29, 1.82) is 0 Å². The molecule has 0 aromatic carbocycles. The molecular formula is C13H17BrN2O3S. The quantitative estimate of drug-likeness (QED) is 0.783. The summed E-state index contributed by atoms with van der Waals surface area (Å²) in [7, 11) is 0. The van der Waals surface area contributed by atoms with Gasteiger partial charge in [0.15, 0.2) is 0 Å². The van der Waals surface area contributed by atoms with E-state index in [0.717, 1.165) is 17.3 Å². The van der Waals surface area contributed by atoms with Crippen LogP contribution in [-0.2, 0) is 4.79 Å². The molecule has 1 aromatic rings. The van der Waals surface area contributed by atoms with Gasteiger partial charge in [-0.3, -0.25) is 4.79 Å². The Balaban J connectivity index is 2.08. The SMILES string of the molecule is CSCC[C@H](NC(=O)c1cc(Br)cn1C1CC1)C(=O)O. The van der Waals surface area contributed by atoms with Crippen molar-refractivity contribution in [1.82, 2.24) is 9.88 Å². The maximum Gasteiger partial charge on any atom is 0.326 e. The van der Waals surface area contributed by atoms with E-state index in [1.807, 2.05) is 17.0 Å². The lowest BCUT2D eigenvalue weighted by Gasteiger charge is -2.15. The molecule has 1 fully saturated rings. The molecule has 1 aromatic heterocycles. The van der Waals surface area contributed by atoms with Gasteiger partial charge in [0.1, 0.15) is 11.7 Å². The highest BCUT2D eigenvalue weighted by Crippen LogP contribution is 2.37. The maximum absolute atomic E-state index is 12.3. The zero-order valence-electron chi connectivity index (χ0n) is 11.1. The number of halogens is 1. The number of hydrogen-bond donors (Lipinski definition) is 2. The molecule has 1 saturated carbocycles. The summed E-state index contributed by atoms with van der Waals surface area (Å²) in [6.45, 7) is 0. The zero-order valence-corrected chi connectivity index (χ0v) is 13.5. The monoisotopic (exact) mass is 360 g/mol. The first kappa shape index (κ1) is 15.4. The lowest BCUT2D eigenvalue weighted by molar-refractivity contribution is -0.139. The van der Waals surface area contributed by atoms with E-state index in [9.17, 15) is 9.59 Å². The van der Waals surface area contributed by atoms with Crippen LogP contribution in [0, 0.1) is 0 Å². The molecule has 1 atom stereocenters. The molecule has 1 aliphatic carbocycles. The smallest absolute Gasteiger partial charge is 0.326 e. The summed E-state index contributed by atoms with van der Waals surface area (Å²) >= 11 is 4.93. The van der Waals surface area contributed by atoms with Crippen LogP contribution >= 0.6 is 27.7 Å². The molecule has 1 aliphatic rings. The third-order valence-electron chi connectivity index (χ3n) is 3.20. The van der Waals surface area contributed by atoms with Gasteiger partial charge in [-0.1, -0.05) is 0 Å². The number of carbonyl (C=O) groups excluding carboxylic acids is 1. The van der Waals surface area contributed by atoms with Gasteiger partial charge in [0.05, 0.1) is 0 Å². The number of hydrogen-bond acceptors (Lipinski definition) is 3. The van der Waals surface area contributed by atoms with E-state index in [0.29, 0.717) is 23.9 Å². The minimum atomic E-state index is -0.990. The van der Waals surface area contributed by atoms with Crippen LogP contribution in [-0.4, -0.2) is 39.6 Å². The Morgan fingerprint density at radius 3 is 2.85 bits per heavy atom. The summed E-state index contributed by atoms with van der Waals surface area (Å²) in [5.74, 6) is -0.614. The number of carboxylic acid groups (broad SMARTS) is 1. The zero-order chi connectivity index (χ0) is 14.7. The van der Waals surface area contributed by atoms with Crippen molar-refractivity contribution in [2.45, 2.75) is 31.3 Å². The van der Waals surface area contributed by atoms with E-state index in [2.05, 4.69) is 21.2 Å². The summed E-state index contributed by atoms with van der Waals surface area (Å²) in [5, 5.41) is 11.8. The molecule has 5 nitrogen and oxygen atoms in total. The molecule has 110 valence electrons. The standard InChI is InChI=1S/C13H17BrN2O3S/c1-20-5-4-10(13(18)19)15-12(17)11-6-8(14)7-16(11)9-2-3-9/h6-7,9-10H,2-5H2,1H3,(H,15,17)(H,18,19)/t10-/m0/s1. The second-order valence-electron chi connectivity index (χ2n) is 4.83. The van der Waals surface area contributed by atoms with Gasteiger partial charge in [-0.2, -0.15) is 11.8 Å². The lowest BCUT2D eigenvalue weighted by Crippen LogP contribution is -2.41. The molecule has 2 rings (SSSR count). The molecule has 7 heteroatoms. The topological polar surface area (TPSA) is 71.3 Å². The van der Waals surface area contributed by atoms with Crippen molar-refractivity contribution < 1.29 is 14.7 Å². The normalized spacial score (nSPS) is 15.9. The van der Waals surface area contributed by atoms with Crippen LogP contribution in [0.3, 0.4) is 0 Å². The summed E-state index contributed by atoms with van der Waals surface area (Å²) in [6, 6.07) is 1.27. The third kappa shape index (κ3) is 3.79. The van der Waals surface area contributed by atoms with Crippen LogP contribution in [0.4, 0.5) is 0 Å². The highest BCUT2D eigenvalue weighted by atomic mass is 79.9. The van der Waals surface area contributed by atoms with Gasteiger partial charge in [-0.05, 0) is 53.3 Å². The van der Waals surface area contributed by atoms with Gasteiger partial charge in [0.2, 0.25) is 0 Å². The Morgan fingerprint density at radius 1 is 1.60 bits per heavy atom. The Bertz CT molecular complexity index is 514. The molecule has 1 heterocycles. The predicted octanol–water partition coefficient (Wildman–Crippen LogP) is 2.52. The molecule has 0 radical (unpaired) electrons. The summed E-state index contributed by atoms with van der Waals surface area (Å²) in [5.41, 5.74) is 0.523. The maximum atomic E-state index is 12.3. The van der Waals surface area contributed by atoms with Gasteiger partial charge in [-0.15, -0.1) is 0 Å². The second-order valence-corrected chi connectivity index (χ2v) is 6.73. The van der Waals surface area contributed by atoms with Gasteiger partial charge in [0, 0.05) is 16.7 Å². The number of carboxylic acids is 1. The first-order valence-electron chi connectivity index (χ1n) is 6.43. The van der Waals surface area contributed by atoms with E-state index >= 15 is 0 Å². The number of aromatic nitrogens is 1. The Kier molecular flexibility index (Phi) is 5.15. The van der Waals surface area contributed by atoms with Crippen LogP contribution < -0.4 is 5.32 Å². The minimum Gasteiger partial charge on any atom is -0.480 e. The Labute approximate surface area is 130 Å². The predicted molar refractivity (Wildman–Crippen MR) is 82.3 cm³/mol. The van der Waals surface area contributed by atoms with Crippen LogP contribution in [0.5, 0.6) is 0 Å². The first-order chi connectivity index (χ1) is 9.52. The van der Waals surface area contributed by atoms with Crippen molar-refractivity contribution in [2.24, 2.45) is 0 Å². The second kappa shape index (κ2) is 6.67. The summed E-state index contributed by atoms with van der Waals surface area (Å²) in [4.78, 5) is 23.4. The molecule has 0 spiro atoms. The molecule has 0 unspecified atom stereocenters. The summed E-state index contributed by atoms with van der Waals surface area (Å²) < 4.78 is 2.76. The molecule has 0 bridgehead atoms. The molecule has 0 saturated heterocycles. The number of nitrogens with one attached hydrogen (secondary N) is 1. The minimum absolute atomic E-state index is 0.323. The largest absolute Gasteiger partial charge is 0.480 e. The number of amides is 1. The average Bonchev–Trinajstić information content (AvgIpc) is 3.16. The number of nitrogens with zero attached hydrogens (tertiary/aromatic N) is 1. The Morgan fingerprint density at radius 2 is 2.30 bits per heavy atom. The van der Waals surface area contributed by atoms with Crippen molar-refractivity contribution >= 4 is 39.6 Å². The highest BCUT2D eigenvalue weighted by molar-refractivity contribution is 9.10. The number of thioether (sulfide) groups is 1. The highest BCUT2D eigenvalue weighted by Gasteiger charge is 2.29. The fraction of sp³-hybridized carbons (Fsp3) is 0.538. The molecular weight excluding hydrogens is 344 g/mol. The Hall–Kier alpha value is -0.950. The van der Waals surface area contributed by atoms with Crippen molar-refractivity contribution in [3.8, 4) is 0 Å². The molecule has 1 amide bonds. The lowest BCUT2D eigenvalue weighted by atomic mass is 10.2. The van der Waals surface area contributed by atoms with E-state index < -0.39 is 12.0 Å². The number of aliphatic carboxylic acids is 1. The van der Waals surface area contributed by atoms with Gasteiger partial charge >= 0.3 is 5.97 Å². The van der Waals surface area contributed by atoms with Crippen LogP contribution in [0.15, 0.2) is 16.7 Å². The third-order valence-corrected chi connectivity index (χ3v) is 4.28. The van der Waals surface area contributed by atoms with Crippen LogP contribution in [0.25, 0.3) is 0 Å². The first-order valence-corrected chi connectivity index (χ1v) is 8.61. The van der Waals surface area contributed by atoms with E-state index in [4.69, 9.17) is 5.11 Å². The number of rotatable bonds is 7. The van der Waals surface area contributed by atoms with Crippen LogP contribution in [0.1, 0.15) is 35.8 Å². The number of carbonyl (C=O) groups is 2. The van der Waals surface area contributed by atoms with Gasteiger partial charge in [-0.25, -0.2) is 4.79 Å². The van der Waals surface area contributed by atoms with Crippen LogP contribution in [0.2, 0.25) is 0 Å². The summed E-state index contributed by atoms with van der Waals surface area (Å²) in [6.07, 6.45) is 6.35. The van der Waals surface area contributed by atoms with Crippen molar-refractivity contribution in [3.05, 3.63) is 22.4 Å². The van der Waals surface area contributed by atoms with Crippen molar-refractivity contribution in [2.75, 3.05) is 12.0 Å². The average molecular weight is 361 g/mol. The van der Waals surface area contributed by atoms with E-state index in [1.165, 1.54) is 0 Å². The van der Waals surface area contributed by atoms with Gasteiger partial charge in [0.25, 0.3) is 5.91 Å². The molecule has 2 N–H and O–H groups in total. The fourth-order valence-electron chi connectivity index (χ4n) is 2.01. The fourth-order valence-corrected chi connectivity index (χ4v) is 2.92. The van der Waals surface area contributed by atoms with Crippen molar-refractivity contribution in [3.63, 3.8) is 0 Å². The molecule has 0 aliphatic heterocycles.